The molecule has 0 unspecified atom stereocenters. The van der Waals surface area contributed by atoms with Gasteiger partial charge in [-0.15, -0.1) is 0 Å². The van der Waals surface area contributed by atoms with Gasteiger partial charge in [-0.05, 0) is 24.1 Å². The Balaban J connectivity index is 1.56. The molecule has 3 heterocycles. The van der Waals surface area contributed by atoms with E-state index < -0.39 is 0 Å². The van der Waals surface area contributed by atoms with Crippen molar-refractivity contribution in [2.24, 2.45) is 5.92 Å². The standard InChI is InChI=1S/C23H26N4O3/c28-23(18-9-12-30-16-18)24-22-21-19(26-10-13-29-14-11-26)7-4-8-20(21)27(25-22)15-17-5-2-1-3-6-17/h1-8,18H,9-16H2,(H,24,25,28)/t18-/m1/s1. The van der Waals surface area contributed by atoms with Crippen molar-refractivity contribution in [2.45, 2.75) is 13.0 Å². The largest absolute Gasteiger partial charge is 0.381 e. The highest BCUT2D eigenvalue weighted by Crippen LogP contribution is 2.34. The summed E-state index contributed by atoms with van der Waals surface area (Å²) in [6.45, 7) is 4.82. The van der Waals surface area contributed by atoms with Crippen LogP contribution in [0.1, 0.15) is 12.0 Å². The van der Waals surface area contributed by atoms with Crippen molar-refractivity contribution < 1.29 is 14.3 Å². The van der Waals surface area contributed by atoms with Crippen LogP contribution in [0.2, 0.25) is 0 Å². The molecule has 7 heteroatoms. The number of aromatic nitrogens is 2. The average molecular weight is 406 g/mol. The van der Waals surface area contributed by atoms with E-state index >= 15 is 0 Å². The number of anilines is 2. The van der Waals surface area contributed by atoms with Crippen LogP contribution in [-0.2, 0) is 20.8 Å². The predicted octanol–water partition coefficient (Wildman–Crippen LogP) is 2.90. The fourth-order valence-corrected chi connectivity index (χ4v) is 4.20. The Bertz CT molecular complexity index is 1020. The molecule has 2 aliphatic heterocycles. The number of morpholine rings is 1. The van der Waals surface area contributed by atoms with Crippen molar-refractivity contribution in [3.63, 3.8) is 0 Å². The minimum atomic E-state index is -0.116. The molecule has 156 valence electrons. The molecule has 7 nitrogen and oxygen atoms in total. The second kappa shape index (κ2) is 8.45. The number of carbonyl (C=O) groups excluding carboxylic acids is 1. The third-order valence-corrected chi connectivity index (χ3v) is 5.83. The lowest BCUT2D eigenvalue weighted by molar-refractivity contribution is -0.119. The molecule has 5 rings (SSSR count). The maximum atomic E-state index is 12.8. The smallest absolute Gasteiger partial charge is 0.231 e. The summed E-state index contributed by atoms with van der Waals surface area (Å²) in [5.41, 5.74) is 3.27. The molecule has 0 spiro atoms. The van der Waals surface area contributed by atoms with Gasteiger partial charge in [-0.2, -0.15) is 5.10 Å². The number of amides is 1. The van der Waals surface area contributed by atoms with E-state index in [0.717, 1.165) is 36.1 Å². The van der Waals surface area contributed by atoms with E-state index in [1.165, 1.54) is 5.56 Å². The van der Waals surface area contributed by atoms with Gasteiger partial charge in [-0.25, -0.2) is 0 Å². The third kappa shape index (κ3) is 3.78. The zero-order chi connectivity index (χ0) is 20.3. The molecule has 0 aliphatic carbocycles. The summed E-state index contributed by atoms with van der Waals surface area (Å²) in [4.78, 5) is 15.2. The molecule has 30 heavy (non-hydrogen) atoms. The Kier molecular flexibility index (Phi) is 5.38. The molecular weight excluding hydrogens is 380 g/mol. The Morgan fingerprint density at radius 1 is 1.03 bits per heavy atom. The molecule has 0 bridgehead atoms. The molecule has 3 aromatic rings. The first-order chi connectivity index (χ1) is 14.8. The van der Waals surface area contributed by atoms with E-state index in [1.807, 2.05) is 22.9 Å². The number of hydrogen-bond acceptors (Lipinski definition) is 5. The quantitative estimate of drug-likeness (QED) is 0.706. The Morgan fingerprint density at radius 3 is 2.63 bits per heavy atom. The SMILES string of the molecule is O=C(Nc1nn(Cc2ccccc2)c2cccc(N3CCOCC3)c12)[C@@H]1CCOC1. The summed E-state index contributed by atoms with van der Waals surface area (Å²) in [6.07, 6.45) is 0.755. The topological polar surface area (TPSA) is 68.6 Å². The molecule has 1 amide bonds. The van der Waals surface area contributed by atoms with Crippen molar-refractivity contribution in [2.75, 3.05) is 49.7 Å². The van der Waals surface area contributed by atoms with Crippen molar-refractivity contribution in [3.8, 4) is 0 Å². The van der Waals surface area contributed by atoms with Crippen molar-refractivity contribution >= 4 is 28.3 Å². The van der Waals surface area contributed by atoms with E-state index in [2.05, 4.69) is 40.5 Å². The average Bonchev–Trinajstić information content (AvgIpc) is 3.44. The van der Waals surface area contributed by atoms with Gasteiger partial charge in [0.05, 0.1) is 48.9 Å². The first kappa shape index (κ1) is 19.1. The highest BCUT2D eigenvalue weighted by atomic mass is 16.5. The van der Waals surface area contributed by atoms with Crippen molar-refractivity contribution in [3.05, 3.63) is 54.1 Å². The number of hydrogen-bond donors (Lipinski definition) is 1. The van der Waals surface area contributed by atoms with E-state index in [4.69, 9.17) is 14.6 Å². The molecule has 2 saturated heterocycles. The van der Waals surface area contributed by atoms with Crippen LogP contribution in [0.3, 0.4) is 0 Å². The van der Waals surface area contributed by atoms with Gasteiger partial charge < -0.3 is 19.7 Å². The van der Waals surface area contributed by atoms with Gasteiger partial charge in [-0.3, -0.25) is 9.48 Å². The third-order valence-electron chi connectivity index (χ3n) is 5.83. The lowest BCUT2D eigenvalue weighted by atomic mass is 10.1. The van der Waals surface area contributed by atoms with Crippen LogP contribution in [0.4, 0.5) is 11.5 Å². The minimum absolute atomic E-state index is 0.0180. The zero-order valence-electron chi connectivity index (χ0n) is 16.9. The van der Waals surface area contributed by atoms with E-state index in [0.29, 0.717) is 38.8 Å². The highest BCUT2D eigenvalue weighted by molar-refractivity contribution is 6.06. The summed E-state index contributed by atoms with van der Waals surface area (Å²) >= 11 is 0. The Labute approximate surface area is 175 Å². The van der Waals surface area contributed by atoms with Crippen LogP contribution in [0.5, 0.6) is 0 Å². The molecule has 1 atom stereocenters. The van der Waals surface area contributed by atoms with Gasteiger partial charge in [-0.1, -0.05) is 36.4 Å². The molecule has 2 fully saturated rings. The van der Waals surface area contributed by atoms with Gasteiger partial charge in [0.2, 0.25) is 5.91 Å². The number of fused-ring (bicyclic) bond motifs is 1. The van der Waals surface area contributed by atoms with Crippen LogP contribution in [0, 0.1) is 5.92 Å². The van der Waals surface area contributed by atoms with E-state index in [-0.39, 0.29) is 11.8 Å². The number of nitrogens with one attached hydrogen (secondary N) is 1. The summed E-state index contributed by atoms with van der Waals surface area (Å²) in [5.74, 6) is 0.491. The molecule has 2 aromatic carbocycles. The monoisotopic (exact) mass is 406 g/mol. The second-order valence-electron chi connectivity index (χ2n) is 7.81. The maximum Gasteiger partial charge on any atom is 0.231 e. The van der Waals surface area contributed by atoms with Gasteiger partial charge in [0, 0.05) is 19.7 Å². The van der Waals surface area contributed by atoms with Gasteiger partial charge in [0.1, 0.15) is 0 Å². The normalized spacial score (nSPS) is 19.3. The maximum absolute atomic E-state index is 12.8. The molecule has 2 aliphatic rings. The summed E-state index contributed by atoms with van der Waals surface area (Å²) in [7, 11) is 0. The van der Waals surface area contributed by atoms with Crippen LogP contribution in [0.25, 0.3) is 10.9 Å². The summed E-state index contributed by atoms with van der Waals surface area (Å²) in [5, 5.41) is 8.93. The van der Waals surface area contributed by atoms with E-state index in [1.54, 1.807) is 0 Å². The molecule has 1 aromatic heterocycles. The highest BCUT2D eigenvalue weighted by Gasteiger charge is 2.26. The first-order valence-corrected chi connectivity index (χ1v) is 10.5. The fourth-order valence-electron chi connectivity index (χ4n) is 4.20. The molecule has 0 radical (unpaired) electrons. The first-order valence-electron chi connectivity index (χ1n) is 10.5. The number of rotatable bonds is 5. The lowest BCUT2D eigenvalue weighted by Crippen LogP contribution is -2.36. The Morgan fingerprint density at radius 2 is 1.87 bits per heavy atom. The van der Waals surface area contributed by atoms with Gasteiger partial charge >= 0.3 is 0 Å². The van der Waals surface area contributed by atoms with Crippen LogP contribution < -0.4 is 10.2 Å². The van der Waals surface area contributed by atoms with Gasteiger partial charge in [0.25, 0.3) is 0 Å². The summed E-state index contributed by atoms with van der Waals surface area (Å²) < 4.78 is 12.9. The van der Waals surface area contributed by atoms with Crippen molar-refractivity contribution in [1.29, 1.82) is 0 Å². The van der Waals surface area contributed by atoms with Crippen LogP contribution in [-0.4, -0.2) is 55.2 Å². The number of ether oxygens (including phenoxy) is 2. The number of carbonyl (C=O) groups is 1. The lowest BCUT2D eigenvalue weighted by Gasteiger charge is -2.29. The van der Waals surface area contributed by atoms with Gasteiger partial charge in [0.15, 0.2) is 5.82 Å². The van der Waals surface area contributed by atoms with Crippen molar-refractivity contribution in [1.82, 2.24) is 9.78 Å². The minimum Gasteiger partial charge on any atom is -0.381 e. The zero-order valence-corrected chi connectivity index (χ0v) is 16.9. The fraction of sp³-hybridized carbons (Fsp3) is 0.391. The van der Waals surface area contributed by atoms with E-state index in [9.17, 15) is 4.79 Å². The second-order valence-corrected chi connectivity index (χ2v) is 7.81. The predicted molar refractivity (Wildman–Crippen MR) is 116 cm³/mol. The summed E-state index contributed by atoms with van der Waals surface area (Å²) in [6, 6.07) is 16.5. The number of nitrogens with zero attached hydrogens (tertiary/aromatic N) is 3. The molecular formula is C23H26N4O3. The van der Waals surface area contributed by atoms with Crippen LogP contribution >= 0.6 is 0 Å². The molecule has 1 N–H and O–H groups in total. The Hall–Kier alpha value is -2.90. The number of benzene rings is 2. The van der Waals surface area contributed by atoms with Crippen LogP contribution in [0.15, 0.2) is 48.5 Å². The molecule has 0 saturated carbocycles.